The average molecular weight is 219 g/mol. The fourth-order valence-electron chi connectivity index (χ4n) is 2.28. The summed E-state index contributed by atoms with van der Waals surface area (Å²) >= 11 is 0. The van der Waals surface area contributed by atoms with Gasteiger partial charge in [0.1, 0.15) is 0 Å². The van der Waals surface area contributed by atoms with E-state index in [-0.39, 0.29) is 0 Å². The number of aryl methyl sites for hydroxylation is 1. The molecule has 0 amide bonds. The van der Waals surface area contributed by atoms with Crippen LogP contribution >= 0.6 is 8.58 Å². The normalized spacial score (nSPS) is 18.7. The molecule has 2 rings (SSSR count). The lowest BCUT2D eigenvalue weighted by Gasteiger charge is -2.20. The zero-order valence-electron chi connectivity index (χ0n) is 9.36. The minimum atomic E-state index is 1.02. The molecule has 81 valence electrons. The third-order valence-electron chi connectivity index (χ3n) is 3.21. The van der Waals surface area contributed by atoms with Crippen LogP contribution in [0.2, 0.25) is 0 Å². The topological polar surface area (TPSA) is 0 Å². The van der Waals surface area contributed by atoms with Crippen molar-refractivity contribution in [2.24, 2.45) is 0 Å². The molecular weight excluding hydrogens is 199 g/mol. The van der Waals surface area contributed by atoms with Crippen LogP contribution in [0.1, 0.15) is 37.7 Å². The molecule has 1 heteroatoms. The molecule has 0 N–H and O–H groups in total. The second-order valence-corrected chi connectivity index (χ2v) is 5.98. The summed E-state index contributed by atoms with van der Waals surface area (Å²) in [6, 6.07) is 10.9. The van der Waals surface area contributed by atoms with Gasteiger partial charge in [0.25, 0.3) is 0 Å². The summed E-state index contributed by atoms with van der Waals surface area (Å²) in [6.07, 6.45) is 10.0. The van der Waals surface area contributed by atoms with Crippen LogP contribution < -0.4 is 0 Å². The van der Waals surface area contributed by atoms with Crippen LogP contribution in [0.25, 0.3) is 0 Å². The Morgan fingerprint density at radius 2 is 1.73 bits per heavy atom. The smallest absolute Gasteiger partial charge is 0.0170 e. The molecule has 0 nitrogen and oxygen atoms in total. The van der Waals surface area contributed by atoms with Crippen LogP contribution in [0, 0.1) is 0 Å². The molecule has 0 atom stereocenters. The third-order valence-corrected chi connectivity index (χ3v) is 4.72. The molecule has 0 spiro atoms. The van der Waals surface area contributed by atoms with Gasteiger partial charge in [0.05, 0.1) is 0 Å². The molecule has 0 saturated heterocycles. The van der Waals surface area contributed by atoms with Crippen molar-refractivity contribution in [2.75, 3.05) is 6.16 Å². The van der Waals surface area contributed by atoms with E-state index < -0.39 is 0 Å². The van der Waals surface area contributed by atoms with Gasteiger partial charge in [-0.15, -0.1) is 0 Å². The Labute approximate surface area is 95.3 Å². The quantitative estimate of drug-likeness (QED) is 0.654. The maximum absolute atomic E-state index is 2.25. The van der Waals surface area contributed by atoms with Crippen LogP contribution in [0.3, 0.4) is 0 Å². The van der Waals surface area contributed by atoms with Crippen molar-refractivity contribution in [3.63, 3.8) is 0 Å². The van der Waals surface area contributed by atoms with Gasteiger partial charge in [-0.2, -0.15) is 0 Å². The van der Waals surface area contributed by atoms with Crippen molar-refractivity contribution in [1.29, 1.82) is 0 Å². The summed E-state index contributed by atoms with van der Waals surface area (Å²) in [5, 5.41) is 0. The summed E-state index contributed by atoms with van der Waals surface area (Å²) in [7, 11) is 1.70. The van der Waals surface area contributed by atoms with Gasteiger partial charge in [-0.3, -0.25) is 0 Å². The molecule has 15 heavy (non-hydrogen) atoms. The maximum atomic E-state index is 2.25. The summed E-state index contributed by atoms with van der Waals surface area (Å²) in [5.74, 6) is 0. The van der Waals surface area contributed by atoms with E-state index in [1.54, 1.807) is 8.58 Å². The average Bonchev–Trinajstić information content (AvgIpc) is 2.32. The van der Waals surface area contributed by atoms with Crippen LogP contribution in [0.4, 0.5) is 0 Å². The van der Waals surface area contributed by atoms with Gasteiger partial charge in [-0.25, -0.2) is 0 Å². The lowest BCUT2D eigenvalue weighted by Crippen LogP contribution is -2.07. The summed E-state index contributed by atoms with van der Waals surface area (Å²) < 4.78 is 0. The van der Waals surface area contributed by atoms with E-state index in [1.165, 1.54) is 50.3 Å². The monoisotopic (exact) mass is 219 g/mol. The second kappa shape index (κ2) is 6.28. The minimum Gasteiger partial charge on any atom is -0.0772 e. The first-order valence-electron chi connectivity index (χ1n) is 6.16. The van der Waals surface area contributed by atoms with Gasteiger partial charge >= 0.3 is 0 Å². The molecule has 1 aliphatic rings. The Hall–Kier alpha value is -0.350. The van der Waals surface area contributed by atoms with Gasteiger partial charge in [0.15, 0.2) is 0 Å². The van der Waals surface area contributed by atoms with E-state index in [4.69, 9.17) is 0 Å². The lowest BCUT2D eigenvalue weighted by atomic mass is 10.0. The Kier molecular flexibility index (Phi) is 4.67. The first-order chi connectivity index (χ1) is 7.45. The Balaban J connectivity index is 1.66. The fourth-order valence-corrected chi connectivity index (χ4v) is 3.77. The first kappa shape index (κ1) is 11.1. The van der Waals surface area contributed by atoms with E-state index in [0.717, 1.165) is 5.66 Å². The second-order valence-electron chi connectivity index (χ2n) is 4.43. The highest BCUT2D eigenvalue weighted by atomic mass is 31.1. The van der Waals surface area contributed by atoms with E-state index in [2.05, 4.69) is 30.3 Å². The van der Waals surface area contributed by atoms with E-state index >= 15 is 0 Å². The van der Waals surface area contributed by atoms with Gasteiger partial charge < -0.3 is 0 Å². The van der Waals surface area contributed by atoms with Gasteiger partial charge in [-0.05, 0) is 36.6 Å². The number of hydrogen-bond donors (Lipinski definition) is 0. The van der Waals surface area contributed by atoms with Crippen molar-refractivity contribution < 1.29 is 0 Å². The molecule has 1 aromatic rings. The number of hydrogen-bond acceptors (Lipinski definition) is 0. The Bertz CT molecular complexity index is 262. The standard InChI is InChI=1S/C14H20P/c1-3-7-13(8-4-1)11-12-15-14-9-5-2-6-10-14/h1,3-4,7-8,14H,2,5-6,9-12H2. The molecule has 1 fully saturated rings. The van der Waals surface area contributed by atoms with Crippen molar-refractivity contribution >= 4 is 8.58 Å². The fraction of sp³-hybridized carbons (Fsp3) is 0.571. The van der Waals surface area contributed by atoms with Gasteiger partial charge in [-0.1, -0.05) is 58.2 Å². The van der Waals surface area contributed by atoms with E-state index in [0.29, 0.717) is 0 Å². The molecular formula is C14H20P. The van der Waals surface area contributed by atoms with Crippen molar-refractivity contribution in [1.82, 2.24) is 0 Å². The molecule has 0 unspecified atom stereocenters. The summed E-state index contributed by atoms with van der Waals surface area (Å²) in [6.45, 7) is 0. The van der Waals surface area contributed by atoms with E-state index in [9.17, 15) is 0 Å². The largest absolute Gasteiger partial charge is 0.0772 e. The molecule has 1 aromatic carbocycles. The molecule has 1 radical (unpaired) electrons. The highest BCUT2D eigenvalue weighted by molar-refractivity contribution is 7.38. The van der Waals surface area contributed by atoms with Crippen LogP contribution in [-0.4, -0.2) is 11.8 Å². The van der Waals surface area contributed by atoms with Crippen LogP contribution in [0.15, 0.2) is 30.3 Å². The third kappa shape index (κ3) is 3.95. The van der Waals surface area contributed by atoms with Gasteiger partial charge in [0, 0.05) is 0 Å². The first-order valence-corrected chi connectivity index (χ1v) is 7.30. The van der Waals surface area contributed by atoms with Crippen molar-refractivity contribution in [3.05, 3.63) is 35.9 Å². The SMILES string of the molecule is c1ccc(CC[P]C2CCCCC2)cc1. The maximum Gasteiger partial charge on any atom is -0.0170 e. The number of benzene rings is 1. The van der Waals surface area contributed by atoms with Gasteiger partial charge in [0.2, 0.25) is 0 Å². The summed E-state index contributed by atoms with van der Waals surface area (Å²) in [4.78, 5) is 0. The van der Waals surface area contributed by atoms with Crippen LogP contribution in [-0.2, 0) is 6.42 Å². The van der Waals surface area contributed by atoms with Crippen molar-refractivity contribution in [3.8, 4) is 0 Å². The zero-order chi connectivity index (χ0) is 10.3. The predicted octanol–water partition coefficient (Wildman–Crippen LogP) is 4.51. The Morgan fingerprint density at radius 1 is 1.00 bits per heavy atom. The highest BCUT2D eigenvalue weighted by Crippen LogP contribution is 2.32. The number of rotatable bonds is 4. The molecule has 0 bridgehead atoms. The Morgan fingerprint density at radius 3 is 2.47 bits per heavy atom. The zero-order valence-corrected chi connectivity index (χ0v) is 10.3. The van der Waals surface area contributed by atoms with Crippen molar-refractivity contribution in [2.45, 2.75) is 44.2 Å². The lowest BCUT2D eigenvalue weighted by molar-refractivity contribution is 0.513. The van der Waals surface area contributed by atoms with Crippen LogP contribution in [0.5, 0.6) is 0 Å². The molecule has 0 heterocycles. The predicted molar refractivity (Wildman–Crippen MR) is 68.8 cm³/mol. The molecule has 0 aromatic heterocycles. The highest BCUT2D eigenvalue weighted by Gasteiger charge is 2.12. The van der Waals surface area contributed by atoms with E-state index in [1.807, 2.05) is 0 Å². The molecule has 1 saturated carbocycles. The molecule has 0 aliphatic heterocycles. The summed E-state index contributed by atoms with van der Waals surface area (Å²) in [5.41, 5.74) is 2.52. The molecule has 1 aliphatic carbocycles. The minimum absolute atomic E-state index is 1.02.